The largest absolute Gasteiger partial charge is 0.368 e. The van der Waals surface area contributed by atoms with Crippen molar-refractivity contribution in [1.29, 1.82) is 0 Å². The number of para-hydroxylation sites is 1. The van der Waals surface area contributed by atoms with Crippen molar-refractivity contribution in [3.8, 4) is 0 Å². The zero-order chi connectivity index (χ0) is 18.6. The number of rotatable bonds is 4. The van der Waals surface area contributed by atoms with Gasteiger partial charge in [-0.05, 0) is 43.3 Å². The Balaban J connectivity index is 1.45. The van der Waals surface area contributed by atoms with Crippen LogP contribution in [0.5, 0.6) is 0 Å². The first-order chi connectivity index (χ1) is 13.2. The quantitative estimate of drug-likeness (QED) is 0.759. The van der Waals surface area contributed by atoms with Crippen LogP contribution in [-0.2, 0) is 0 Å². The highest BCUT2D eigenvalue weighted by atomic mass is 19.1. The highest BCUT2D eigenvalue weighted by molar-refractivity contribution is 5.60. The van der Waals surface area contributed by atoms with E-state index in [1.54, 1.807) is 0 Å². The Bertz CT molecular complexity index is 890. The van der Waals surface area contributed by atoms with Crippen molar-refractivity contribution >= 4 is 23.0 Å². The Kier molecular flexibility index (Phi) is 4.87. The molecule has 3 aromatic rings. The van der Waals surface area contributed by atoms with Gasteiger partial charge in [0.25, 0.3) is 0 Å². The van der Waals surface area contributed by atoms with E-state index in [1.165, 1.54) is 12.1 Å². The molecule has 1 aromatic heterocycles. The van der Waals surface area contributed by atoms with Gasteiger partial charge in [-0.25, -0.2) is 14.4 Å². The van der Waals surface area contributed by atoms with Gasteiger partial charge in [-0.15, -0.1) is 0 Å². The topological polar surface area (TPSA) is 44.3 Å². The molecule has 6 heteroatoms. The second-order valence-electron chi connectivity index (χ2n) is 6.60. The van der Waals surface area contributed by atoms with E-state index in [0.29, 0.717) is 0 Å². The SMILES string of the molecule is Cc1nc(Nc2ccccc2)cc(N2CCN(c3ccc(F)cc3)CC2)n1. The van der Waals surface area contributed by atoms with Crippen molar-refractivity contribution in [2.24, 2.45) is 0 Å². The summed E-state index contributed by atoms with van der Waals surface area (Å²) in [5.41, 5.74) is 2.06. The molecule has 4 rings (SSSR count). The van der Waals surface area contributed by atoms with Crippen molar-refractivity contribution in [2.75, 3.05) is 41.3 Å². The minimum absolute atomic E-state index is 0.202. The molecule has 0 unspecified atom stereocenters. The van der Waals surface area contributed by atoms with Crippen LogP contribution in [0.1, 0.15) is 5.82 Å². The highest BCUT2D eigenvalue weighted by Gasteiger charge is 2.19. The fourth-order valence-electron chi connectivity index (χ4n) is 3.29. The van der Waals surface area contributed by atoms with Crippen molar-refractivity contribution in [3.63, 3.8) is 0 Å². The Morgan fingerprint density at radius 3 is 2.22 bits per heavy atom. The molecule has 0 atom stereocenters. The van der Waals surface area contributed by atoms with Gasteiger partial charge in [0.1, 0.15) is 23.3 Å². The molecule has 138 valence electrons. The van der Waals surface area contributed by atoms with Crippen LogP contribution in [0.2, 0.25) is 0 Å². The second-order valence-corrected chi connectivity index (χ2v) is 6.60. The van der Waals surface area contributed by atoms with Gasteiger partial charge in [0, 0.05) is 43.6 Å². The lowest BCUT2D eigenvalue weighted by molar-refractivity contribution is 0.624. The van der Waals surface area contributed by atoms with Crippen molar-refractivity contribution < 1.29 is 4.39 Å². The molecular weight excluding hydrogens is 341 g/mol. The molecule has 27 heavy (non-hydrogen) atoms. The number of hydrogen-bond acceptors (Lipinski definition) is 5. The summed E-state index contributed by atoms with van der Waals surface area (Å²) in [7, 11) is 0. The number of piperazine rings is 1. The van der Waals surface area contributed by atoms with Crippen molar-refractivity contribution in [3.05, 3.63) is 72.3 Å². The first-order valence-corrected chi connectivity index (χ1v) is 9.10. The molecule has 2 heterocycles. The minimum Gasteiger partial charge on any atom is -0.368 e. The predicted molar refractivity (Wildman–Crippen MR) is 107 cm³/mol. The third kappa shape index (κ3) is 4.16. The number of benzene rings is 2. The summed E-state index contributed by atoms with van der Waals surface area (Å²) in [6, 6.07) is 18.7. The summed E-state index contributed by atoms with van der Waals surface area (Å²) in [5.74, 6) is 2.27. The fourth-order valence-corrected chi connectivity index (χ4v) is 3.29. The number of halogens is 1. The van der Waals surface area contributed by atoms with Gasteiger partial charge in [-0.1, -0.05) is 18.2 Å². The summed E-state index contributed by atoms with van der Waals surface area (Å²) in [6.45, 7) is 5.37. The maximum absolute atomic E-state index is 13.1. The minimum atomic E-state index is -0.202. The van der Waals surface area contributed by atoms with Gasteiger partial charge in [-0.2, -0.15) is 0 Å². The van der Waals surface area contributed by atoms with Crippen LogP contribution in [0.25, 0.3) is 0 Å². The Morgan fingerprint density at radius 1 is 0.852 bits per heavy atom. The van der Waals surface area contributed by atoms with E-state index in [-0.39, 0.29) is 5.82 Å². The number of anilines is 4. The summed E-state index contributed by atoms with van der Waals surface area (Å²) >= 11 is 0. The van der Waals surface area contributed by atoms with Crippen LogP contribution in [0.3, 0.4) is 0 Å². The molecule has 0 spiro atoms. The van der Waals surface area contributed by atoms with Crippen molar-refractivity contribution in [2.45, 2.75) is 6.92 Å². The zero-order valence-corrected chi connectivity index (χ0v) is 15.3. The van der Waals surface area contributed by atoms with E-state index >= 15 is 0 Å². The number of hydrogen-bond donors (Lipinski definition) is 1. The normalized spacial score (nSPS) is 14.3. The van der Waals surface area contributed by atoms with Crippen LogP contribution in [0, 0.1) is 12.7 Å². The summed E-state index contributed by atoms with van der Waals surface area (Å²) < 4.78 is 13.1. The van der Waals surface area contributed by atoms with Gasteiger partial charge >= 0.3 is 0 Å². The molecule has 2 aromatic carbocycles. The number of nitrogens with zero attached hydrogens (tertiary/aromatic N) is 4. The van der Waals surface area contributed by atoms with E-state index in [2.05, 4.69) is 25.1 Å². The number of nitrogens with one attached hydrogen (secondary N) is 1. The monoisotopic (exact) mass is 363 g/mol. The number of aromatic nitrogens is 2. The third-order valence-electron chi connectivity index (χ3n) is 4.67. The van der Waals surface area contributed by atoms with E-state index in [0.717, 1.165) is 55.0 Å². The van der Waals surface area contributed by atoms with Gasteiger partial charge in [-0.3, -0.25) is 0 Å². The Labute approximate surface area is 158 Å². The lowest BCUT2D eigenvalue weighted by Gasteiger charge is -2.36. The van der Waals surface area contributed by atoms with E-state index in [9.17, 15) is 4.39 Å². The second kappa shape index (κ2) is 7.61. The number of aryl methyl sites for hydroxylation is 1. The molecule has 5 nitrogen and oxygen atoms in total. The molecule has 1 N–H and O–H groups in total. The van der Waals surface area contributed by atoms with Gasteiger partial charge < -0.3 is 15.1 Å². The molecule has 1 fully saturated rings. The molecule has 0 radical (unpaired) electrons. The Hall–Kier alpha value is -3.15. The van der Waals surface area contributed by atoms with Crippen LogP contribution < -0.4 is 15.1 Å². The summed E-state index contributed by atoms with van der Waals surface area (Å²) in [4.78, 5) is 13.7. The maximum atomic E-state index is 13.1. The molecular formula is C21H22FN5. The molecule has 0 aliphatic carbocycles. The molecule has 1 aliphatic rings. The van der Waals surface area contributed by atoms with Crippen molar-refractivity contribution in [1.82, 2.24) is 9.97 Å². The zero-order valence-electron chi connectivity index (χ0n) is 15.3. The first-order valence-electron chi connectivity index (χ1n) is 9.10. The average Bonchev–Trinajstić information content (AvgIpc) is 2.69. The lowest BCUT2D eigenvalue weighted by Crippen LogP contribution is -2.46. The first kappa shape index (κ1) is 17.3. The fraction of sp³-hybridized carbons (Fsp3) is 0.238. The lowest BCUT2D eigenvalue weighted by atomic mass is 10.2. The molecule has 0 saturated carbocycles. The van der Waals surface area contributed by atoms with Crippen LogP contribution in [0.15, 0.2) is 60.7 Å². The molecule has 1 aliphatic heterocycles. The van der Waals surface area contributed by atoms with Crippen LogP contribution in [-0.4, -0.2) is 36.1 Å². The Morgan fingerprint density at radius 2 is 1.52 bits per heavy atom. The van der Waals surface area contributed by atoms with E-state index in [1.807, 2.05) is 55.5 Å². The molecule has 1 saturated heterocycles. The summed E-state index contributed by atoms with van der Waals surface area (Å²) in [6.07, 6.45) is 0. The highest BCUT2D eigenvalue weighted by Crippen LogP contribution is 2.23. The van der Waals surface area contributed by atoms with Gasteiger partial charge in [0.05, 0.1) is 0 Å². The summed E-state index contributed by atoms with van der Waals surface area (Å²) in [5, 5.41) is 3.34. The van der Waals surface area contributed by atoms with Crippen LogP contribution in [0.4, 0.5) is 27.4 Å². The standard InChI is InChI=1S/C21H22FN5/c1-16-23-20(25-18-5-3-2-4-6-18)15-21(24-16)27-13-11-26(12-14-27)19-9-7-17(22)8-10-19/h2-10,15H,11-14H2,1H3,(H,23,24,25). The van der Waals surface area contributed by atoms with E-state index in [4.69, 9.17) is 0 Å². The average molecular weight is 363 g/mol. The third-order valence-corrected chi connectivity index (χ3v) is 4.67. The van der Waals surface area contributed by atoms with Gasteiger partial charge in [0.2, 0.25) is 0 Å². The smallest absolute Gasteiger partial charge is 0.136 e. The molecule has 0 bridgehead atoms. The maximum Gasteiger partial charge on any atom is 0.136 e. The predicted octanol–water partition coefficient (Wildman–Crippen LogP) is 3.99. The van der Waals surface area contributed by atoms with Crippen LogP contribution >= 0.6 is 0 Å². The molecule has 0 amide bonds. The van der Waals surface area contributed by atoms with E-state index < -0.39 is 0 Å². The van der Waals surface area contributed by atoms with Gasteiger partial charge in [0.15, 0.2) is 0 Å².